The molecule has 1 rings (SSSR count). The predicted molar refractivity (Wildman–Crippen MR) is 60.8 cm³/mol. The summed E-state index contributed by atoms with van der Waals surface area (Å²) in [7, 11) is 0. The van der Waals surface area contributed by atoms with Crippen LogP contribution >= 0.6 is 0 Å². The standard InChI is InChI=1S/C12H23NO2/c1-4-10-5-7-11(8-6-10)15-12(14)13-9(2)3/h9-11H,4-8H2,1-3H3,(H,13,14). The molecule has 0 aromatic carbocycles. The minimum Gasteiger partial charge on any atom is -0.446 e. The Balaban J connectivity index is 2.20. The molecule has 1 N–H and O–H groups in total. The lowest BCUT2D eigenvalue weighted by Gasteiger charge is -2.27. The van der Waals surface area contributed by atoms with Crippen LogP contribution in [0.1, 0.15) is 52.9 Å². The van der Waals surface area contributed by atoms with E-state index in [1.165, 1.54) is 19.3 Å². The second kappa shape index (κ2) is 5.99. The molecule has 1 saturated carbocycles. The highest BCUT2D eigenvalue weighted by molar-refractivity contribution is 5.67. The number of hydrogen-bond donors (Lipinski definition) is 1. The van der Waals surface area contributed by atoms with Crippen LogP contribution in [0, 0.1) is 5.92 Å². The molecular formula is C12H23NO2. The maximum atomic E-state index is 11.3. The number of nitrogens with one attached hydrogen (secondary N) is 1. The number of amides is 1. The SMILES string of the molecule is CCC1CCC(OC(=O)NC(C)C)CC1. The van der Waals surface area contributed by atoms with Gasteiger partial charge in [0.1, 0.15) is 6.10 Å². The summed E-state index contributed by atoms with van der Waals surface area (Å²) in [5.74, 6) is 0.845. The van der Waals surface area contributed by atoms with E-state index >= 15 is 0 Å². The van der Waals surface area contributed by atoms with E-state index in [9.17, 15) is 4.79 Å². The zero-order valence-electron chi connectivity index (χ0n) is 10.1. The van der Waals surface area contributed by atoms with Crippen LogP contribution in [0.4, 0.5) is 4.79 Å². The molecule has 1 amide bonds. The van der Waals surface area contributed by atoms with E-state index in [-0.39, 0.29) is 18.2 Å². The summed E-state index contributed by atoms with van der Waals surface area (Å²) >= 11 is 0. The lowest BCUT2D eigenvalue weighted by Crippen LogP contribution is -2.35. The Morgan fingerprint density at radius 3 is 2.40 bits per heavy atom. The van der Waals surface area contributed by atoms with Crippen LogP contribution in [-0.4, -0.2) is 18.2 Å². The van der Waals surface area contributed by atoms with Gasteiger partial charge in [-0.1, -0.05) is 13.3 Å². The number of alkyl carbamates (subject to hydrolysis) is 1. The molecule has 0 atom stereocenters. The van der Waals surface area contributed by atoms with Crippen molar-refractivity contribution in [3.63, 3.8) is 0 Å². The van der Waals surface area contributed by atoms with Crippen LogP contribution in [0.15, 0.2) is 0 Å². The number of rotatable bonds is 3. The molecule has 88 valence electrons. The van der Waals surface area contributed by atoms with Crippen LogP contribution in [0.5, 0.6) is 0 Å². The lowest BCUT2D eigenvalue weighted by molar-refractivity contribution is 0.0625. The zero-order valence-corrected chi connectivity index (χ0v) is 10.1. The van der Waals surface area contributed by atoms with Gasteiger partial charge in [-0.3, -0.25) is 0 Å². The van der Waals surface area contributed by atoms with Crippen molar-refractivity contribution in [3.8, 4) is 0 Å². The Morgan fingerprint density at radius 2 is 1.93 bits per heavy atom. The molecule has 0 radical (unpaired) electrons. The first-order chi connectivity index (χ1) is 7.11. The molecule has 0 saturated heterocycles. The second-order valence-corrected chi connectivity index (χ2v) is 4.76. The highest BCUT2D eigenvalue weighted by Crippen LogP contribution is 2.28. The minimum atomic E-state index is -0.259. The van der Waals surface area contributed by atoms with Crippen molar-refractivity contribution in [1.29, 1.82) is 0 Å². The van der Waals surface area contributed by atoms with E-state index in [0.717, 1.165) is 18.8 Å². The van der Waals surface area contributed by atoms with Gasteiger partial charge in [0, 0.05) is 6.04 Å². The van der Waals surface area contributed by atoms with Gasteiger partial charge in [0.25, 0.3) is 0 Å². The van der Waals surface area contributed by atoms with Gasteiger partial charge in [-0.05, 0) is 45.4 Å². The Kier molecular flexibility index (Phi) is 4.92. The van der Waals surface area contributed by atoms with E-state index in [1.807, 2.05) is 13.8 Å². The first kappa shape index (κ1) is 12.3. The average Bonchev–Trinajstić information content (AvgIpc) is 2.17. The topological polar surface area (TPSA) is 38.3 Å². The first-order valence-corrected chi connectivity index (χ1v) is 6.09. The monoisotopic (exact) mass is 213 g/mol. The number of carbonyl (C=O) groups excluding carboxylic acids is 1. The van der Waals surface area contributed by atoms with Gasteiger partial charge in [-0.25, -0.2) is 4.79 Å². The molecule has 1 aliphatic carbocycles. The van der Waals surface area contributed by atoms with Gasteiger partial charge in [0.05, 0.1) is 0 Å². The molecule has 0 aromatic rings. The molecule has 0 bridgehead atoms. The summed E-state index contributed by atoms with van der Waals surface area (Å²) < 4.78 is 5.34. The van der Waals surface area contributed by atoms with Crippen LogP contribution in [0.3, 0.4) is 0 Å². The normalized spacial score (nSPS) is 26.4. The molecule has 15 heavy (non-hydrogen) atoms. The van der Waals surface area contributed by atoms with Crippen LogP contribution in [0.2, 0.25) is 0 Å². The summed E-state index contributed by atoms with van der Waals surface area (Å²) in [6, 6.07) is 0.157. The molecule has 0 spiro atoms. The van der Waals surface area contributed by atoms with Crippen LogP contribution < -0.4 is 5.32 Å². The van der Waals surface area contributed by atoms with Crippen molar-refractivity contribution < 1.29 is 9.53 Å². The first-order valence-electron chi connectivity index (χ1n) is 6.09. The van der Waals surface area contributed by atoms with Crippen LogP contribution in [0.25, 0.3) is 0 Å². The van der Waals surface area contributed by atoms with Crippen molar-refractivity contribution in [2.24, 2.45) is 5.92 Å². The van der Waals surface area contributed by atoms with Gasteiger partial charge >= 0.3 is 6.09 Å². The maximum Gasteiger partial charge on any atom is 0.407 e. The smallest absolute Gasteiger partial charge is 0.407 e. The Bertz CT molecular complexity index is 196. The van der Waals surface area contributed by atoms with Crippen LogP contribution in [-0.2, 0) is 4.74 Å². The van der Waals surface area contributed by atoms with Gasteiger partial charge < -0.3 is 10.1 Å². The molecule has 3 heteroatoms. The summed E-state index contributed by atoms with van der Waals surface area (Å²) in [6.07, 6.45) is 5.61. The van der Waals surface area contributed by atoms with Gasteiger partial charge in [0.15, 0.2) is 0 Å². The van der Waals surface area contributed by atoms with E-state index in [2.05, 4.69) is 12.2 Å². The van der Waals surface area contributed by atoms with Crippen molar-refractivity contribution in [1.82, 2.24) is 5.32 Å². The highest BCUT2D eigenvalue weighted by atomic mass is 16.6. The van der Waals surface area contributed by atoms with E-state index in [1.54, 1.807) is 0 Å². The maximum absolute atomic E-state index is 11.3. The zero-order chi connectivity index (χ0) is 11.3. The largest absolute Gasteiger partial charge is 0.446 e. The highest BCUT2D eigenvalue weighted by Gasteiger charge is 2.22. The second-order valence-electron chi connectivity index (χ2n) is 4.76. The third kappa shape index (κ3) is 4.54. The molecule has 0 aromatic heterocycles. The molecule has 0 unspecified atom stereocenters. The van der Waals surface area contributed by atoms with E-state index in [4.69, 9.17) is 4.74 Å². The van der Waals surface area contributed by atoms with Crippen molar-refractivity contribution in [2.45, 2.75) is 65.0 Å². The lowest BCUT2D eigenvalue weighted by atomic mass is 9.86. The number of carbonyl (C=O) groups is 1. The Morgan fingerprint density at radius 1 is 1.33 bits per heavy atom. The fraction of sp³-hybridized carbons (Fsp3) is 0.917. The number of hydrogen-bond acceptors (Lipinski definition) is 2. The molecule has 3 nitrogen and oxygen atoms in total. The van der Waals surface area contributed by atoms with Crippen molar-refractivity contribution in [2.75, 3.05) is 0 Å². The fourth-order valence-electron chi connectivity index (χ4n) is 2.08. The summed E-state index contributed by atoms with van der Waals surface area (Å²) in [4.78, 5) is 11.3. The molecule has 1 aliphatic rings. The average molecular weight is 213 g/mol. The Hall–Kier alpha value is -0.730. The third-order valence-electron chi connectivity index (χ3n) is 3.05. The number of ether oxygens (including phenoxy) is 1. The summed E-state index contributed by atoms with van der Waals surface area (Å²) in [5.41, 5.74) is 0. The quantitative estimate of drug-likeness (QED) is 0.782. The van der Waals surface area contributed by atoms with Gasteiger partial charge in [-0.15, -0.1) is 0 Å². The minimum absolute atomic E-state index is 0.145. The molecular weight excluding hydrogens is 190 g/mol. The summed E-state index contributed by atoms with van der Waals surface area (Å²) in [6.45, 7) is 6.11. The van der Waals surface area contributed by atoms with E-state index < -0.39 is 0 Å². The predicted octanol–water partition coefficient (Wildman–Crippen LogP) is 3.09. The van der Waals surface area contributed by atoms with E-state index in [0.29, 0.717) is 0 Å². The molecule has 0 aliphatic heterocycles. The summed E-state index contributed by atoms with van der Waals surface area (Å²) in [5, 5.41) is 2.75. The molecule has 0 heterocycles. The van der Waals surface area contributed by atoms with Gasteiger partial charge in [0.2, 0.25) is 0 Å². The Labute approximate surface area is 92.6 Å². The van der Waals surface area contributed by atoms with Crippen molar-refractivity contribution >= 4 is 6.09 Å². The third-order valence-corrected chi connectivity index (χ3v) is 3.05. The van der Waals surface area contributed by atoms with Crippen molar-refractivity contribution in [3.05, 3.63) is 0 Å². The fourth-order valence-corrected chi connectivity index (χ4v) is 2.08. The van der Waals surface area contributed by atoms with Gasteiger partial charge in [-0.2, -0.15) is 0 Å². The molecule has 1 fully saturated rings.